The summed E-state index contributed by atoms with van der Waals surface area (Å²) in [6.07, 6.45) is 0. The number of rotatable bonds is 3. The number of nitrogens with two attached hydrogens (primary N) is 2. The van der Waals surface area contributed by atoms with Gasteiger partial charge in [-0.15, -0.1) is 0 Å². The zero-order chi connectivity index (χ0) is 12.3. The lowest BCUT2D eigenvalue weighted by molar-refractivity contribution is 0.0521. The molecule has 1 aromatic heterocycles. The van der Waals surface area contributed by atoms with Crippen molar-refractivity contribution in [2.75, 3.05) is 37.1 Å². The Bertz CT molecular complexity index is 405. The fourth-order valence-electron chi connectivity index (χ4n) is 1.03. The van der Waals surface area contributed by atoms with Crippen molar-refractivity contribution in [2.45, 2.75) is 6.92 Å². The van der Waals surface area contributed by atoms with Crippen LogP contribution in [0.25, 0.3) is 0 Å². The molecule has 7 nitrogen and oxygen atoms in total. The molecule has 0 aliphatic heterocycles. The Labute approximate surface area is 93.4 Å². The van der Waals surface area contributed by atoms with E-state index >= 15 is 0 Å². The van der Waals surface area contributed by atoms with Crippen molar-refractivity contribution in [3.05, 3.63) is 5.69 Å². The fourth-order valence-corrected chi connectivity index (χ4v) is 1.03. The van der Waals surface area contributed by atoms with Gasteiger partial charge in [-0.25, -0.2) is 9.78 Å². The Morgan fingerprint density at radius 2 is 2.00 bits per heavy atom. The normalized spacial score (nSPS) is 9.94. The number of carbonyl (C=O) groups is 1. The number of ether oxygens (including phenoxy) is 1. The van der Waals surface area contributed by atoms with Gasteiger partial charge in [-0.2, -0.15) is 4.98 Å². The molecule has 0 amide bonds. The van der Waals surface area contributed by atoms with Gasteiger partial charge in [0.1, 0.15) is 5.69 Å². The highest BCUT2D eigenvalue weighted by atomic mass is 16.5. The highest BCUT2D eigenvalue weighted by molar-refractivity contribution is 5.95. The molecule has 0 unspecified atom stereocenters. The van der Waals surface area contributed by atoms with Crippen LogP contribution in [0.4, 0.5) is 17.5 Å². The highest BCUT2D eigenvalue weighted by Gasteiger charge is 2.18. The third-order valence-corrected chi connectivity index (χ3v) is 1.83. The molecule has 0 saturated heterocycles. The quantitative estimate of drug-likeness (QED) is 0.690. The third kappa shape index (κ3) is 2.30. The third-order valence-electron chi connectivity index (χ3n) is 1.83. The van der Waals surface area contributed by atoms with Gasteiger partial charge in [-0.05, 0) is 6.92 Å². The molecule has 88 valence electrons. The van der Waals surface area contributed by atoms with E-state index in [1.807, 2.05) is 0 Å². The largest absolute Gasteiger partial charge is 0.461 e. The maximum atomic E-state index is 11.5. The molecule has 0 aliphatic carbocycles. The van der Waals surface area contributed by atoms with Gasteiger partial charge in [0.25, 0.3) is 0 Å². The SMILES string of the molecule is CCOC(=O)c1nc(N(C)C)nc(N)c1N. The van der Waals surface area contributed by atoms with E-state index in [1.165, 1.54) is 0 Å². The lowest BCUT2D eigenvalue weighted by Crippen LogP contribution is -2.19. The van der Waals surface area contributed by atoms with Crippen molar-refractivity contribution >= 4 is 23.4 Å². The van der Waals surface area contributed by atoms with Crippen molar-refractivity contribution in [1.82, 2.24) is 9.97 Å². The molecule has 0 radical (unpaired) electrons. The Morgan fingerprint density at radius 3 is 2.50 bits per heavy atom. The van der Waals surface area contributed by atoms with Gasteiger partial charge in [0, 0.05) is 14.1 Å². The molecular weight excluding hydrogens is 210 g/mol. The smallest absolute Gasteiger partial charge is 0.359 e. The summed E-state index contributed by atoms with van der Waals surface area (Å²) < 4.78 is 4.82. The number of carbonyl (C=O) groups excluding carboxylic acids is 1. The van der Waals surface area contributed by atoms with E-state index in [2.05, 4.69) is 9.97 Å². The van der Waals surface area contributed by atoms with Crippen LogP contribution in [0.3, 0.4) is 0 Å². The van der Waals surface area contributed by atoms with Gasteiger partial charge < -0.3 is 21.1 Å². The second-order valence-electron chi connectivity index (χ2n) is 3.29. The van der Waals surface area contributed by atoms with Gasteiger partial charge in [0.05, 0.1) is 6.61 Å². The number of hydrogen-bond acceptors (Lipinski definition) is 7. The molecule has 0 aliphatic rings. The first-order chi connectivity index (χ1) is 7.47. The van der Waals surface area contributed by atoms with Crippen molar-refractivity contribution in [2.24, 2.45) is 0 Å². The second kappa shape index (κ2) is 4.65. The number of esters is 1. The van der Waals surface area contributed by atoms with Crippen molar-refractivity contribution in [3.8, 4) is 0 Å². The van der Waals surface area contributed by atoms with E-state index in [1.54, 1.807) is 25.9 Å². The van der Waals surface area contributed by atoms with Crippen LogP contribution in [0.1, 0.15) is 17.4 Å². The van der Waals surface area contributed by atoms with Crippen LogP contribution in [0, 0.1) is 0 Å². The average molecular weight is 225 g/mol. The van der Waals surface area contributed by atoms with Crippen molar-refractivity contribution in [1.29, 1.82) is 0 Å². The van der Waals surface area contributed by atoms with E-state index in [-0.39, 0.29) is 23.8 Å². The Hall–Kier alpha value is -2.05. The Balaban J connectivity index is 3.21. The molecule has 7 heteroatoms. The van der Waals surface area contributed by atoms with E-state index < -0.39 is 5.97 Å². The van der Waals surface area contributed by atoms with Crippen LogP contribution >= 0.6 is 0 Å². The predicted octanol–water partition coefficient (Wildman–Crippen LogP) is -0.116. The van der Waals surface area contributed by atoms with E-state index in [9.17, 15) is 4.79 Å². The summed E-state index contributed by atoms with van der Waals surface area (Å²) in [6.45, 7) is 1.95. The van der Waals surface area contributed by atoms with Crippen LogP contribution in [0.2, 0.25) is 0 Å². The zero-order valence-corrected chi connectivity index (χ0v) is 9.52. The number of aromatic nitrogens is 2. The zero-order valence-electron chi connectivity index (χ0n) is 9.52. The molecule has 0 fully saturated rings. The summed E-state index contributed by atoms with van der Waals surface area (Å²) in [6, 6.07) is 0. The maximum Gasteiger partial charge on any atom is 0.359 e. The molecule has 0 spiro atoms. The summed E-state index contributed by atoms with van der Waals surface area (Å²) in [7, 11) is 3.47. The first-order valence-corrected chi connectivity index (χ1v) is 4.74. The van der Waals surface area contributed by atoms with Crippen LogP contribution < -0.4 is 16.4 Å². The standard InChI is InChI=1S/C9H15N5O2/c1-4-16-8(15)6-5(10)7(11)13-9(12-6)14(2)3/h4,10H2,1-3H3,(H2,11,12,13). The number of nitrogen functional groups attached to an aromatic ring is 2. The summed E-state index contributed by atoms with van der Waals surface area (Å²) in [5.74, 6) is -0.214. The average Bonchev–Trinajstić information content (AvgIpc) is 2.21. The Morgan fingerprint density at radius 1 is 1.38 bits per heavy atom. The second-order valence-corrected chi connectivity index (χ2v) is 3.29. The molecule has 0 bridgehead atoms. The van der Waals surface area contributed by atoms with Crippen LogP contribution in [0.15, 0.2) is 0 Å². The lowest BCUT2D eigenvalue weighted by atomic mass is 10.3. The maximum absolute atomic E-state index is 11.5. The van der Waals surface area contributed by atoms with Gasteiger partial charge in [-0.1, -0.05) is 0 Å². The minimum Gasteiger partial charge on any atom is -0.461 e. The topological polar surface area (TPSA) is 107 Å². The van der Waals surface area contributed by atoms with E-state index in [0.29, 0.717) is 5.95 Å². The van der Waals surface area contributed by atoms with E-state index in [4.69, 9.17) is 16.2 Å². The minimum absolute atomic E-state index is 0.00181. The molecule has 16 heavy (non-hydrogen) atoms. The molecule has 0 saturated carbocycles. The monoisotopic (exact) mass is 225 g/mol. The predicted molar refractivity (Wildman–Crippen MR) is 61.1 cm³/mol. The lowest BCUT2D eigenvalue weighted by Gasteiger charge is -2.13. The van der Waals surface area contributed by atoms with Gasteiger partial charge >= 0.3 is 5.97 Å². The molecule has 1 heterocycles. The van der Waals surface area contributed by atoms with Gasteiger partial charge in [-0.3, -0.25) is 0 Å². The summed E-state index contributed by atoms with van der Waals surface area (Å²) in [5, 5.41) is 0. The highest BCUT2D eigenvalue weighted by Crippen LogP contribution is 2.20. The van der Waals surface area contributed by atoms with Crippen molar-refractivity contribution in [3.63, 3.8) is 0 Å². The molecule has 1 rings (SSSR count). The molecule has 1 aromatic rings. The number of anilines is 3. The van der Waals surface area contributed by atoms with Gasteiger partial charge in [0.15, 0.2) is 11.5 Å². The van der Waals surface area contributed by atoms with Crippen molar-refractivity contribution < 1.29 is 9.53 Å². The van der Waals surface area contributed by atoms with Crippen LogP contribution in [-0.4, -0.2) is 36.6 Å². The molecule has 0 atom stereocenters. The number of nitrogens with zero attached hydrogens (tertiary/aromatic N) is 3. The first-order valence-electron chi connectivity index (χ1n) is 4.74. The van der Waals surface area contributed by atoms with Crippen LogP contribution in [-0.2, 0) is 4.74 Å². The van der Waals surface area contributed by atoms with E-state index in [0.717, 1.165) is 0 Å². The fraction of sp³-hybridized carbons (Fsp3) is 0.444. The molecular formula is C9H15N5O2. The van der Waals surface area contributed by atoms with Crippen LogP contribution in [0.5, 0.6) is 0 Å². The first kappa shape index (κ1) is 12.0. The summed E-state index contributed by atoms with van der Waals surface area (Å²) >= 11 is 0. The number of hydrogen-bond donors (Lipinski definition) is 2. The molecule has 0 aromatic carbocycles. The minimum atomic E-state index is -0.600. The summed E-state index contributed by atoms with van der Waals surface area (Å²) in [5.41, 5.74) is 11.2. The molecule has 4 N–H and O–H groups in total. The summed E-state index contributed by atoms with van der Waals surface area (Å²) in [4.78, 5) is 21.1. The Kier molecular flexibility index (Phi) is 3.49. The van der Waals surface area contributed by atoms with Gasteiger partial charge in [0.2, 0.25) is 5.95 Å².